The molecule has 4 aromatic rings. The maximum absolute atomic E-state index is 11.2. The first-order valence-corrected chi connectivity index (χ1v) is 9.43. The Morgan fingerprint density at radius 1 is 1.11 bits per heavy atom. The van der Waals surface area contributed by atoms with E-state index in [-0.39, 0.29) is 11.7 Å². The number of ether oxygens (including phenoxy) is 1. The van der Waals surface area contributed by atoms with Gasteiger partial charge in [0.25, 0.3) is 0 Å². The van der Waals surface area contributed by atoms with E-state index in [1.165, 1.54) is 24.3 Å². The Bertz CT molecular complexity index is 1200. The van der Waals surface area contributed by atoms with Crippen molar-refractivity contribution in [3.63, 3.8) is 0 Å². The molecule has 0 saturated heterocycles. The van der Waals surface area contributed by atoms with Crippen LogP contribution in [0.15, 0.2) is 64.2 Å². The number of nitrogens with zero attached hydrogens (tertiary/aromatic N) is 2. The number of thioether (sulfide) groups is 1. The van der Waals surface area contributed by atoms with Crippen LogP contribution in [0, 0.1) is 11.8 Å². The molecule has 0 atom stereocenters. The lowest BCUT2D eigenvalue weighted by atomic mass is 10.1. The zero-order valence-electron chi connectivity index (χ0n) is 14.9. The second-order valence-corrected chi connectivity index (χ2v) is 6.78. The Kier molecular flexibility index (Phi) is 5.13. The number of carbonyl (C=O) groups excluding carboxylic acids is 1. The maximum Gasteiger partial charge on any atom is 0.316 e. The Balaban J connectivity index is 1.48. The van der Waals surface area contributed by atoms with Crippen LogP contribution in [0.25, 0.3) is 22.4 Å². The summed E-state index contributed by atoms with van der Waals surface area (Å²) in [5.74, 6) is 7.51. The molecule has 0 unspecified atom stereocenters. The van der Waals surface area contributed by atoms with Crippen LogP contribution in [0.4, 0.5) is 0 Å². The Morgan fingerprint density at radius 3 is 2.82 bits per heavy atom. The molecule has 0 saturated carbocycles. The minimum absolute atomic E-state index is 0.159. The van der Waals surface area contributed by atoms with Crippen LogP contribution in [0.3, 0.4) is 0 Å². The molecule has 0 radical (unpaired) electrons. The number of rotatable bonds is 4. The van der Waals surface area contributed by atoms with Crippen LogP contribution in [0.5, 0.6) is 0 Å². The summed E-state index contributed by atoms with van der Waals surface area (Å²) in [6.45, 7) is 0. The first-order chi connectivity index (χ1) is 13.7. The summed E-state index contributed by atoms with van der Waals surface area (Å²) in [6.07, 6.45) is 0. The molecule has 0 amide bonds. The van der Waals surface area contributed by atoms with Crippen molar-refractivity contribution in [3.8, 4) is 23.4 Å². The molecular weight excluding hydrogens is 374 g/mol. The van der Waals surface area contributed by atoms with Crippen molar-refractivity contribution in [2.24, 2.45) is 0 Å². The van der Waals surface area contributed by atoms with Gasteiger partial charge < -0.3 is 14.1 Å². The summed E-state index contributed by atoms with van der Waals surface area (Å²) in [5.41, 5.74) is 0.915. The van der Waals surface area contributed by atoms with Crippen LogP contribution in [-0.2, 0) is 9.53 Å². The molecule has 0 aliphatic rings. The molecule has 0 fully saturated rings. The number of hydrogen-bond donors (Lipinski definition) is 1. The highest BCUT2D eigenvalue weighted by Crippen LogP contribution is 2.21. The Morgan fingerprint density at radius 2 is 1.96 bits per heavy atom. The van der Waals surface area contributed by atoms with Gasteiger partial charge in [0.2, 0.25) is 0 Å². The van der Waals surface area contributed by atoms with Crippen LogP contribution in [-0.4, -0.2) is 34.0 Å². The molecule has 4 rings (SSSR count). The predicted molar refractivity (Wildman–Crippen MR) is 107 cm³/mol. The number of esters is 1. The van der Waals surface area contributed by atoms with Crippen molar-refractivity contribution >= 4 is 28.5 Å². The number of aromatic amines is 1. The van der Waals surface area contributed by atoms with Gasteiger partial charge in [-0.05, 0) is 41.0 Å². The number of aromatic nitrogens is 3. The summed E-state index contributed by atoms with van der Waals surface area (Å²) in [5, 5.41) is 10.9. The Labute approximate surface area is 165 Å². The fourth-order valence-electron chi connectivity index (χ4n) is 2.54. The van der Waals surface area contributed by atoms with Crippen molar-refractivity contribution in [1.29, 1.82) is 0 Å². The van der Waals surface area contributed by atoms with Gasteiger partial charge in [-0.25, -0.2) is 0 Å². The molecule has 0 aliphatic carbocycles. The van der Waals surface area contributed by atoms with Gasteiger partial charge in [0.15, 0.2) is 22.5 Å². The lowest BCUT2D eigenvalue weighted by molar-refractivity contribution is -0.137. The number of benzene rings is 2. The molecule has 138 valence electrons. The monoisotopic (exact) mass is 389 g/mol. The second kappa shape index (κ2) is 8.03. The molecule has 2 heterocycles. The van der Waals surface area contributed by atoms with Gasteiger partial charge >= 0.3 is 5.97 Å². The van der Waals surface area contributed by atoms with Crippen LogP contribution in [0.1, 0.15) is 11.3 Å². The summed E-state index contributed by atoms with van der Waals surface area (Å²) in [6, 6.07) is 17.8. The number of fused-ring (bicyclic) bond motifs is 1. The fraction of sp³-hybridized carbons (Fsp3) is 0.0952. The minimum atomic E-state index is -0.327. The van der Waals surface area contributed by atoms with E-state index in [9.17, 15) is 4.79 Å². The molecule has 2 aromatic heterocycles. The zero-order valence-corrected chi connectivity index (χ0v) is 15.7. The maximum atomic E-state index is 11.2. The van der Waals surface area contributed by atoms with Crippen molar-refractivity contribution in [1.82, 2.24) is 15.2 Å². The summed E-state index contributed by atoms with van der Waals surface area (Å²) >= 11 is 1.21. The fourth-order valence-corrected chi connectivity index (χ4v) is 3.18. The molecule has 0 spiro atoms. The highest BCUT2D eigenvalue weighted by atomic mass is 32.2. The van der Waals surface area contributed by atoms with E-state index >= 15 is 0 Å². The van der Waals surface area contributed by atoms with Gasteiger partial charge in [-0.2, -0.15) is 0 Å². The van der Waals surface area contributed by atoms with E-state index < -0.39 is 0 Å². The summed E-state index contributed by atoms with van der Waals surface area (Å²) in [4.78, 5) is 14.2. The normalized spacial score (nSPS) is 10.5. The number of H-pyrrole nitrogens is 1. The first kappa shape index (κ1) is 17.9. The third-order valence-corrected chi connectivity index (χ3v) is 4.78. The lowest BCUT2D eigenvalue weighted by Gasteiger charge is -1.97. The number of carbonyl (C=O) groups is 1. The lowest BCUT2D eigenvalue weighted by Crippen LogP contribution is -2.03. The van der Waals surface area contributed by atoms with Crippen LogP contribution in [0.2, 0.25) is 0 Å². The molecular formula is C21H15N3O3S. The van der Waals surface area contributed by atoms with Gasteiger partial charge in [0, 0.05) is 5.56 Å². The number of hydrogen-bond acceptors (Lipinski definition) is 6. The molecule has 1 N–H and O–H groups in total. The van der Waals surface area contributed by atoms with Gasteiger partial charge in [-0.3, -0.25) is 4.79 Å². The van der Waals surface area contributed by atoms with E-state index in [0.717, 1.165) is 10.9 Å². The first-order valence-electron chi connectivity index (χ1n) is 8.44. The van der Waals surface area contributed by atoms with Crippen molar-refractivity contribution < 1.29 is 13.9 Å². The zero-order chi connectivity index (χ0) is 19.3. The topological polar surface area (TPSA) is 81.0 Å². The average Bonchev–Trinajstić information content (AvgIpc) is 3.39. The number of methoxy groups -OCH3 is 1. The van der Waals surface area contributed by atoms with E-state index in [4.69, 9.17) is 4.42 Å². The van der Waals surface area contributed by atoms with Crippen LogP contribution >= 0.6 is 11.8 Å². The third-order valence-electron chi connectivity index (χ3n) is 3.94. The van der Waals surface area contributed by atoms with Crippen molar-refractivity contribution in [3.05, 3.63) is 65.9 Å². The molecule has 2 aromatic carbocycles. The van der Waals surface area contributed by atoms with Gasteiger partial charge in [-0.1, -0.05) is 48.0 Å². The van der Waals surface area contributed by atoms with Crippen molar-refractivity contribution in [2.75, 3.05) is 12.9 Å². The van der Waals surface area contributed by atoms with Gasteiger partial charge in [0.05, 0.1) is 12.9 Å². The third kappa shape index (κ3) is 4.08. The van der Waals surface area contributed by atoms with E-state index in [1.807, 2.05) is 24.3 Å². The molecule has 28 heavy (non-hydrogen) atoms. The highest BCUT2D eigenvalue weighted by molar-refractivity contribution is 7.99. The van der Waals surface area contributed by atoms with Gasteiger partial charge in [0.1, 0.15) is 0 Å². The Hall–Kier alpha value is -3.50. The van der Waals surface area contributed by atoms with Crippen LogP contribution < -0.4 is 0 Å². The molecule has 0 aliphatic heterocycles. The van der Waals surface area contributed by atoms with E-state index in [1.54, 1.807) is 12.1 Å². The average molecular weight is 389 g/mol. The van der Waals surface area contributed by atoms with Gasteiger partial charge in [-0.15, -0.1) is 10.2 Å². The molecule has 6 nitrogen and oxygen atoms in total. The van der Waals surface area contributed by atoms with E-state index in [2.05, 4.69) is 50.0 Å². The summed E-state index contributed by atoms with van der Waals surface area (Å²) < 4.78 is 10.3. The quantitative estimate of drug-likeness (QED) is 0.324. The minimum Gasteiger partial charge on any atom is -0.468 e. The van der Waals surface area contributed by atoms with Crippen molar-refractivity contribution in [2.45, 2.75) is 5.16 Å². The summed E-state index contributed by atoms with van der Waals surface area (Å²) in [7, 11) is 1.35. The largest absolute Gasteiger partial charge is 0.468 e. The second-order valence-electron chi connectivity index (χ2n) is 5.82. The predicted octanol–water partition coefficient (Wildman–Crippen LogP) is 3.88. The standard InChI is InChI=1S/C21H15N3O3S/c1-26-19(25)13-28-21-22-20(23-24-21)18-11-10-17(27-18)9-7-14-6-8-15-4-2-3-5-16(15)12-14/h2-6,8,10-12H,13H2,1H3,(H,22,23,24). The molecule has 0 bridgehead atoms. The molecule has 7 heteroatoms. The number of nitrogens with one attached hydrogen (secondary N) is 1. The smallest absolute Gasteiger partial charge is 0.316 e. The highest BCUT2D eigenvalue weighted by Gasteiger charge is 2.11. The number of furan rings is 1. The van der Waals surface area contributed by atoms with E-state index in [0.29, 0.717) is 22.5 Å². The SMILES string of the molecule is COC(=O)CSc1nnc(-c2ccc(C#Cc3ccc4ccccc4c3)o2)[nH]1.